The van der Waals surface area contributed by atoms with Gasteiger partial charge in [-0.3, -0.25) is 9.48 Å². The lowest BCUT2D eigenvalue weighted by atomic mass is 10.1. The largest absolute Gasteiger partial charge is 0.486 e. The van der Waals surface area contributed by atoms with Crippen LogP contribution in [0.15, 0.2) is 18.2 Å². The zero-order valence-corrected chi connectivity index (χ0v) is 11.9. The lowest BCUT2D eigenvalue weighted by Crippen LogP contribution is -2.14. The van der Waals surface area contributed by atoms with E-state index in [9.17, 15) is 4.79 Å². The monoisotopic (exact) mass is 294 g/mol. The molecule has 2 aromatic rings. The molecule has 7 heteroatoms. The first-order valence-electron chi connectivity index (χ1n) is 5.91. The van der Waals surface area contributed by atoms with Gasteiger partial charge in [-0.15, -0.1) is 0 Å². The first-order chi connectivity index (χ1) is 9.41. The fraction of sp³-hybridized carbons (Fsp3) is 0.231. The molecule has 1 aromatic carbocycles. The van der Waals surface area contributed by atoms with Crippen molar-refractivity contribution in [2.24, 2.45) is 12.8 Å². The molecule has 0 unspecified atom stereocenters. The van der Waals surface area contributed by atoms with Gasteiger partial charge in [0.25, 0.3) is 5.91 Å². The van der Waals surface area contributed by atoms with Crippen molar-refractivity contribution in [3.63, 3.8) is 0 Å². The number of nitrogens with zero attached hydrogens (tertiary/aromatic N) is 2. The van der Waals surface area contributed by atoms with E-state index in [0.717, 1.165) is 11.3 Å². The topological polar surface area (TPSA) is 96.2 Å². The highest BCUT2D eigenvalue weighted by atomic mass is 35.5. The average Bonchev–Trinajstić information content (AvgIpc) is 2.62. The molecule has 0 bridgehead atoms. The van der Waals surface area contributed by atoms with Gasteiger partial charge in [0, 0.05) is 12.6 Å². The number of hydrogen-bond donors (Lipinski definition) is 2. The Morgan fingerprint density at radius 2 is 2.20 bits per heavy atom. The fourth-order valence-electron chi connectivity index (χ4n) is 1.89. The molecule has 0 saturated heterocycles. The molecule has 1 aromatic heterocycles. The summed E-state index contributed by atoms with van der Waals surface area (Å²) in [6.07, 6.45) is 0. The summed E-state index contributed by atoms with van der Waals surface area (Å²) in [7, 11) is 1.74. The molecular weight excluding hydrogens is 280 g/mol. The van der Waals surface area contributed by atoms with Gasteiger partial charge in [-0.05, 0) is 19.1 Å². The van der Waals surface area contributed by atoms with E-state index in [1.807, 2.05) is 6.92 Å². The highest BCUT2D eigenvalue weighted by Gasteiger charge is 2.16. The van der Waals surface area contributed by atoms with Crippen LogP contribution >= 0.6 is 11.6 Å². The Balaban J connectivity index is 2.30. The normalized spacial score (nSPS) is 10.6. The van der Waals surface area contributed by atoms with Gasteiger partial charge in [0.2, 0.25) is 0 Å². The van der Waals surface area contributed by atoms with Crippen LogP contribution in [0.2, 0.25) is 5.15 Å². The Hall–Kier alpha value is -2.21. The van der Waals surface area contributed by atoms with E-state index >= 15 is 0 Å². The summed E-state index contributed by atoms with van der Waals surface area (Å²) in [5, 5.41) is 4.67. The molecule has 2 rings (SSSR count). The third-order valence-corrected chi connectivity index (χ3v) is 3.41. The summed E-state index contributed by atoms with van der Waals surface area (Å²) in [6.45, 7) is 1.99. The Morgan fingerprint density at radius 3 is 2.75 bits per heavy atom. The van der Waals surface area contributed by atoms with E-state index in [1.165, 1.54) is 0 Å². The number of primary amides is 1. The fourth-order valence-corrected chi connectivity index (χ4v) is 2.12. The first kappa shape index (κ1) is 14.2. The number of nitrogens with two attached hydrogens (primary N) is 2. The van der Waals surface area contributed by atoms with Crippen molar-refractivity contribution in [2.45, 2.75) is 13.5 Å². The van der Waals surface area contributed by atoms with Crippen molar-refractivity contribution in [1.29, 1.82) is 0 Å². The Labute approximate surface area is 121 Å². The van der Waals surface area contributed by atoms with Gasteiger partial charge in [0.05, 0.1) is 16.9 Å². The molecule has 0 radical (unpaired) electrons. The lowest BCUT2D eigenvalue weighted by Gasteiger charge is -2.12. The van der Waals surface area contributed by atoms with E-state index in [2.05, 4.69) is 5.10 Å². The van der Waals surface area contributed by atoms with Crippen LogP contribution in [0.4, 0.5) is 5.69 Å². The summed E-state index contributed by atoms with van der Waals surface area (Å²) in [5.74, 6) is -0.333. The Kier molecular flexibility index (Phi) is 3.85. The predicted molar refractivity (Wildman–Crippen MR) is 76.7 cm³/mol. The number of aryl methyl sites for hydroxylation is 2. The van der Waals surface area contributed by atoms with Gasteiger partial charge in [-0.2, -0.15) is 5.10 Å². The van der Waals surface area contributed by atoms with Crippen LogP contribution in [0.25, 0.3) is 0 Å². The molecule has 0 spiro atoms. The van der Waals surface area contributed by atoms with Crippen molar-refractivity contribution in [1.82, 2.24) is 9.78 Å². The smallest absolute Gasteiger partial charge is 0.252 e. The number of halogens is 1. The van der Waals surface area contributed by atoms with E-state index in [1.54, 1.807) is 29.9 Å². The number of nitrogen functional groups attached to an aromatic ring is 1. The molecule has 0 atom stereocenters. The molecule has 4 N–H and O–H groups in total. The second kappa shape index (κ2) is 5.42. The molecule has 6 nitrogen and oxygen atoms in total. The summed E-state index contributed by atoms with van der Waals surface area (Å²) in [4.78, 5) is 11.4. The number of aromatic nitrogens is 2. The van der Waals surface area contributed by atoms with Crippen LogP contribution in [-0.2, 0) is 13.7 Å². The Morgan fingerprint density at radius 1 is 1.50 bits per heavy atom. The number of para-hydroxylation sites is 1. The van der Waals surface area contributed by atoms with Gasteiger partial charge in [0.1, 0.15) is 11.8 Å². The zero-order valence-electron chi connectivity index (χ0n) is 11.2. The van der Waals surface area contributed by atoms with Gasteiger partial charge in [-0.1, -0.05) is 17.7 Å². The summed E-state index contributed by atoms with van der Waals surface area (Å²) >= 11 is 6.12. The van der Waals surface area contributed by atoms with Crippen molar-refractivity contribution in [3.8, 4) is 5.75 Å². The minimum atomic E-state index is -0.596. The molecule has 0 aliphatic heterocycles. The molecule has 106 valence electrons. The third kappa shape index (κ3) is 2.55. The minimum Gasteiger partial charge on any atom is -0.486 e. The van der Waals surface area contributed by atoms with E-state index in [-0.39, 0.29) is 17.9 Å². The molecule has 1 heterocycles. The number of hydrogen-bond acceptors (Lipinski definition) is 4. The highest BCUT2D eigenvalue weighted by molar-refractivity contribution is 6.30. The van der Waals surface area contributed by atoms with Gasteiger partial charge < -0.3 is 16.2 Å². The van der Waals surface area contributed by atoms with Crippen LogP contribution in [0.5, 0.6) is 5.75 Å². The quantitative estimate of drug-likeness (QED) is 0.838. The van der Waals surface area contributed by atoms with Crippen LogP contribution in [0.3, 0.4) is 0 Å². The molecule has 0 fully saturated rings. The number of amides is 1. The second-order valence-corrected chi connectivity index (χ2v) is 4.71. The van der Waals surface area contributed by atoms with Crippen LogP contribution in [-0.4, -0.2) is 15.7 Å². The molecule has 0 aliphatic rings. The van der Waals surface area contributed by atoms with Crippen molar-refractivity contribution < 1.29 is 9.53 Å². The van der Waals surface area contributed by atoms with Crippen LogP contribution < -0.4 is 16.2 Å². The van der Waals surface area contributed by atoms with E-state index in [0.29, 0.717) is 10.8 Å². The molecular formula is C13H15ClN4O2. The number of ether oxygens (including phenoxy) is 1. The minimum absolute atomic E-state index is 0.160. The van der Waals surface area contributed by atoms with Crippen LogP contribution in [0.1, 0.15) is 21.6 Å². The third-order valence-electron chi connectivity index (χ3n) is 2.94. The van der Waals surface area contributed by atoms with Crippen molar-refractivity contribution in [3.05, 3.63) is 40.2 Å². The average molecular weight is 295 g/mol. The maximum absolute atomic E-state index is 11.4. The number of carbonyl (C=O) groups is 1. The standard InChI is InChI=1S/C13H15ClN4O2/c1-7-9(12(14)18(2)17-7)6-20-11-8(13(16)19)4-3-5-10(11)15/h3-5H,6,15H2,1-2H3,(H2,16,19). The first-order valence-corrected chi connectivity index (χ1v) is 6.28. The predicted octanol–water partition coefficient (Wildman–Crippen LogP) is 1.64. The lowest BCUT2D eigenvalue weighted by molar-refractivity contribution is 0.0996. The summed E-state index contributed by atoms with van der Waals surface area (Å²) < 4.78 is 7.18. The number of anilines is 1. The van der Waals surface area contributed by atoms with Gasteiger partial charge in [-0.25, -0.2) is 0 Å². The van der Waals surface area contributed by atoms with Crippen molar-refractivity contribution >= 4 is 23.2 Å². The summed E-state index contributed by atoms with van der Waals surface area (Å²) in [6, 6.07) is 4.84. The van der Waals surface area contributed by atoms with Gasteiger partial charge >= 0.3 is 0 Å². The van der Waals surface area contributed by atoms with Crippen molar-refractivity contribution in [2.75, 3.05) is 5.73 Å². The number of rotatable bonds is 4. The molecule has 1 amide bonds. The Bertz CT molecular complexity index is 667. The molecule has 0 aliphatic carbocycles. The zero-order chi connectivity index (χ0) is 14.9. The van der Waals surface area contributed by atoms with Crippen LogP contribution in [0, 0.1) is 6.92 Å². The highest BCUT2D eigenvalue weighted by Crippen LogP contribution is 2.28. The maximum atomic E-state index is 11.4. The second-order valence-electron chi connectivity index (χ2n) is 4.36. The number of benzene rings is 1. The maximum Gasteiger partial charge on any atom is 0.252 e. The SMILES string of the molecule is Cc1nn(C)c(Cl)c1COc1c(N)cccc1C(N)=O. The van der Waals surface area contributed by atoms with E-state index in [4.69, 9.17) is 27.8 Å². The van der Waals surface area contributed by atoms with E-state index < -0.39 is 5.91 Å². The molecule has 20 heavy (non-hydrogen) atoms. The molecule has 0 saturated carbocycles. The number of carbonyl (C=O) groups excluding carboxylic acids is 1. The summed E-state index contributed by atoms with van der Waals surface area (Å²) in [5.41, 5.74) is 13.2. The van der Waals surface area contributed by atoms with Gasteiger partial charge in [0.15, 0.2) is 5.75 Å².